The van der Waals surface area contributed by atoms with E-state index in [0.29, 0.717) is 11.1 Å². The van der Waals surface area contributed by atoms with Crippen molar-refractivity contribution in [3.05, 3.63) is 139 Å². The number of pyridine rings is 2. The molecule has 6 rings (SSSR count). The summed E-state index contributed by atoms with van der Waals surface area (Å²) in [6.45, 7) is 0. The molecule has 0 unspecified atom stereocenters. The van der Waals surface area contributed by atoms with Gasteiger partial charge in [-0.15, -0.1) is 0 Å². The minimum Gasteiger partial charge on any atom is -0.321 e. The quantitative estimate of drug-likeness (QED) is 0.212. The first-order valence-electron chi connectivity index (χ1n) is 11.2. The zero-order valence-corrected chi connectivity index (χ0v) is 22.1. The largest absolute Gasteiger partial charge is 0.321 e. The van der Waals surface area contributed by atoms with E-state index in [0.717, 1.165) is 41.9 Å². The molecule has 0 bridgehead atoms. The number of aromatic amines is 2. The Morgan fingerprint density at radius 2 is 1.11 bits per heavy atom. The van der Waals surface area contributed by atoms with Crippen LogP contribution in [0.1, 0.15) is 0 Å². The molecule has 0 amide bonds. The predicted octanol–water partition coefficient (Wildman–Crippen LogP) is 7.92. The van der Waals surface area contributed by atoms with Crippen LogP contribution >= 0.6 is 31.9 Å². The van der Waals surface area contributed by atoms with E-state index in [1.165, 1.54) is 0 Å². The smallest absolute Gasteiger partial charge is 0.256 e. The van der Waals surface area contributed by atoms with Crippen molar-refractivity contribution in [1.29, 1.82) is 0 Å². The fourth-order valence-electron chi connectivity index (χ4n) is 4.03. The fraction of sp³-hybridized carbons (Fsp3) is 0. The number of benzene rings is 4. The molecule has 4 nitrogen and oxygen atoms in total. The van der Waals surface area contributed by atoms with Crippen molar-refractivity contribution in [2.75, 3.05) is 0 Å². The Balaban J connectivity index is 0.000000148. The van der Waals surface area contributed by atoms with Crippen LogP contribution in [0.2, 0.25) is 0 Å². The van der Waals surface area contributed by atoms with E-state index >= 15 is 0 Å². The highest BCUT2D eigenvalue weighted by Gasteiger charge is 2.07. The van der Waals surface area contributed by atoms with Crippen LogP contribution in [0.5, 0.6) is 0 Å². The Hall–Kier alpha value is -3.74. The molecule has 2 heterocycles. The molecule has 0 aliphatic rings. The molecule has 0 atom stereocenters. The van der Waals surface area contributed by atoms with E-state index in [1.807, 2.05) is 109 Å². The highest BCUT2D eigenvalue weighted by molar-refractivity contribution is 9.11. The summed E-state index contributed by atoms with van der Waals surface area (Å²) >= 11 is 6.90. The Morgan fingerprint density at radius 1 is 0.528 bits per heavy atom. The summed E-state index contributed by atoms with van der Waals surface area (Å²) in [7, 11) is 0. The molecule has 6 heteroatoms. The second kappa shape index (κ2) is 10.5. The molecule has 4 aromatic carbocycles. The maximum Gasteiger partial charge on any atom is 0.256 e. The summed E-state index contributed by atoms with van der Waals surface area (Å²) in [5, 5.41) is 2.03. The standard InChI is InChI=1S/2C15H10BrNO/c16-13-7-4-8-14-12(13)9-11(15(18)17-14)10-5-2-1-3-6-10;16-12-7-6-11-8-13(10-4-2-1-3-5-10)15(18)17-14(11)9-12/h2*1-9H,(H,17,18). The minimum atomic E-state index is -0.0631. The van der Waals surface area contributed by atoms with Crippen LogP contribution in [0, 0.1) is 0 Å². The van der Waals surface area contributed by atoms with E-state index in [9.17, 15) is 9.59 Å². The first-order chi connectivity index (χ1) is 17.5. The Kier molecular flexibility index (Phi) is 6.98. The molecular formula is C30H20Br2N2O2. The highest BCUT2D eigenvalue weighted by Crippen LogP contribution is 2.25. The molecule has 0 spiro atoms. The molecule has 0 aliphatic carbocycles. The molecule has 6 aromatic rings. The number of aromatic nitrogens is 2. The van der Waals surface area contributed by atoms with Crippen molar-refractivity contribution in [2.45, 2.75) is 0 Å². The third kappa shape index (κ3) is 5.10. The molecule has 0 radical (unpaired) electrons. The molecule has 2 aromatic heterocycles. The van der Waals surface area contributed by atoms with Gasteiger partial charge in [0, 0.05) is 36.5 Å². The third-order valence-corrected chi connectivity index (χ3v) is 7.00. The van der Waals surface area contributed by atoms with Crippen LogP contribution in [0.3, 0.4) is 0 Å². The maximum atomic E-state index is 12.1. The lowest BCUT2D eigenvalue weighted by Crippen LogP contribution is -2.08. The van der Waals surface area contributed by atoms with Crippen LogP contribution in [0.25, 0.3) is 44.1 Å². The molecule has 2 N–H and O–H groups in total. The summed E-state index contributed by atoms with van der Waals surface area (Å²) in [4.78, 5) is 30.0. The number of halogens is 2. The summed E-state index contributed by atoms with van der Waals surface area (Å²) < 4.78 is 1.94. The molecule has 0 fully saturated rings. The van der Waals surface area contributed by atoms with Crippen molar-refractivity contribution >= 4 is 53.7 Å². The van der Waals surface area contributed by atoms with Gasteiger partial charge in [0.2, 0.25) is 0 Å². The Morgan fingerprint density at radius 3 is 1.75 bits per heavy atom. The van der Waals surface area contributed by atoms with Gasteiger partial charge in [-0.05, 0) is 52.9 Å². The van der Waals surface area contributed by atoms with Gasteiger partial charge in [-0.3, -0.25) is 9.59 Å². The van der Waals surface area contributed by atoms with Gasteiger partial charge < -0.3 is 9.97 Å². The van der Waals surface area contributed by atoms with Crippen LogP contribution in [-0.2, 0) is 0 Å². The number of hydrogen-bond donors (Lipinski definition) is 2. The van der Waals surface area contributed by atoms with Crippen molar-refractivity contribution in [2.24, 2.45) is 0 Å². The number of fused-ring (bicyclic) bond motifs is 2. The normalized spacial score (nSPS) is 10.7. The molecule has 36 heavy (non-hydrogen) atoms. The average molecular weight is 600 g/mol. The van der Waals surface area contributed by atoms with Crippen LogP contribution < -0.4 is 11.1 Å². The van der Waals surface area contributed by atoms with E-state index < -0.39 is 0 Å². The second-order valence-corrected chi connectivity index (χ2v) is 9.96. The van der Waals surface area contributed by atoms with E-state index in [-0.39, 0.29) is 11.1 Å². The molecule has 0 aliphatic heterocycles. The van der Waals surface area contributed by atoms with Crippen LogP contribution in [-0.4, -0.2) is 9.97 Å². The first kappa shape index (κ1) is 24.0. The summed E-state index contributed by atoms with van der Waals surface area (Å²) in [5.41, 5.74) is 4.81. The minimum absolute atomic E-state index is 0.0631. The topological polar surface area (TPSA) is 65.7 Å². The third-order valence-electron chi connectivity index (χ3n) is 5.81. The van der Waals surface area contributed by atoms with Gasteiger partial charge in [0.05, 0.1) is 0 Å². The SMILES string of the molecule is O=c1[nH]c2cc(Br)ccc2cc1-c1ccccc1.O=c1[nH]c2cccc(Br)c2cc1-c1ccccc1. The zero-order chi connectivity index (χ0) is 25.1. The van der Waals surface area contributed by atoms with Gasteiger partial charge in [0.15, 0.2) is 0 Å². The van der Waals surface area contributed by atoms with Crippen LogP contribution in [0.4, 0.5) is 0 Å². The summed E-state index contributed by atoms with van der Waals surface area (Å²) in [6.07, 6.45) is 0. The second-order valence-electron chi connectivity index (χ2n) is 8.19. The molecular weight excluding hydrogens is 580 g/mol. The molecule has 176 valence electrons. The van der Waals surface area contributed by atoms with E-state index in [2.05, 4.69) is 41.8 Å². The summed E-state index contributed by atoms with van der Waals surface area (Å²) in [5.74, 6) is 0. The lowest BCUT2D eigenvalue weighted by atomic mass is 10.1. The fourth-order valence-corrected chi connectivity index (χ4v) is 4.87. The Bertz CT molecular complexity index is 1780. The number of rotatable bonds is 2. The van der Waals surface area contributed by atoms with Gasteiger partial charge in [-0.2, -0.15) is 0 Å². The van der Waals surface area contributed by atoms with Crippen molar-refractivity contribution < 1.29 is 0 Å². The van der Waals surface area contributed by atoms with E-state index in [1.54, 1.807) is 0 Å². The number of hydrogen-bond acceptors (Lipinski definition) is 2. The summed E-state index contributed by atoms with van der Waals surface area (Å²) in [6, 6.07) is 34.8. The van der Waals surface area contributed by atoms with Gasteiger partial charge in [0.25, 0.3) is 11.1 Å². The van der Waals surface area contributed by atoms with Crippen molar-refractivity contribution in [1.82, 2.24) is 9.97 Å². The van der Waals surface area contributed by atoms with Gasteiger partial charge in [-0.1, -0.05) is 105 Å². The lowest BCUT2D eigenvalue weighted by molar-refractivity contribution is 1.30. The molecule has 0 saturated carbocycles. The van der Waals surface area contributed by atoms with Gasteiger partial charge in [-0.25, -0.2) is 0 Å². The van der Waals surface area contributed by atoms with E-state index in [4.69, 9.17) is 0 Å². The van der Waals surface area contributed by atoms with Crippen molar-refractivity contribution in [3.8, 4) is 22.3 Å². The molecule has 0 saturated heterocycles. The number of H-pyrrole nitrogens is 2. The first-order valence-corrected chi connectivity index (χ1v) is 12.8. The number of nitrogens with one attached hydrogen (secondary N) is 2. The zero-order valence-electron chi connectivity index (χ0n) is 19.0. The van der Waals surface area contributed by atoms with Crippen LogP contribution in [0.15, 0.2) is 128 Å². The Labute approximate surface area is 223 Å². The average Bonchev–Trinajstić information content (AvgIpc) is 2.89. The predicted molar refractivity (Wildman–Crippen MR) is 155 cm³/mol. The maximum absolute atomic E-state index is 12.1. The van der Waals surface area contributed by atoms with Crippen molar-refractivity contribution in [3.63, 3.8) is 0 Å². The van der Waals surface area contributed by atoms with Gasteiger partial charge >= 0.3 is 0 Å². The highest BCUT2D eigenvalue weighted by atomic mass is 79.9. The monoisotopic (exact) mass is 598 g/mol. The lowest BCUT2D eigenvalue weighted by Gasteiger charge is -2.04. The van der Waals surface area contributed by atoms with Gasteiger partial charge in [0.1, 0.15) is 0 Å².